The van der Waals surface area contributed by atoms with Crippen molar-refractivity contribution in [2.45, 2.75) is 34.3 Å². The Morgan fingerprint density at radius 3 is 1.59 bits per heavy atom. The number of para-hydroxylation sites is 2. The molecule has 2 heterocycles. The third-order valence-corrected chi connectivity index (χ3v) is 9.48. The largest absolute Gasteiger partial charge is 0.493 e. The van der Waals surface area contributed by atoms with Gasteiger partial charge >= 0.3 is 0 Å². The summed E-state index contributed by atoms with van der Waals surface area (Å²) in [5, 5.41) is 10.6. The van der Waals surface area contributed by atoms with Crippen molar-refractivity contribution < 1.29 is 33.6 Å². The van der Waals surface area contributed by atoms with Crippen LogP contribution in [0.15, 0.2) is 79.1 Å². The molecule has 6 aromatic rings. The van der Waals surface area contributed by atoms with E-state index >= 15 is 0 Å². The van der Waals surface area contributed by atoms with Crippen LogP contribution in [0.2, 0.25) is 10.0 Å². The first-order chi connectivity index (χ1) is 25.9. The van der Waals surface area contributed by atoms with Gasteiger partial charge < -0.3 is 28.6 Å². The minimum atomic E-state index is -0.275. The Bertz CT molecular complexity index is 2350. The van der Waals surface area contributed by atoms with E-state index in [1.807, 2.05) is 38.3 Å². The van der Waals surface area contributed by atoms with Crippen LogP contribution in [0.4, 0.5) is 0 Å². The molecule has 280 valence electrons. The zero-order valence-corrected chi connectivity index (χ0v) is 32.7. The van der Waals surface area contributed by atoms with Gasteiger partial charge in [-0.3, -0.25) is 14.2 Å². The number of ketones is 2. The maximum absolute atomic E-state index is 13.5. The predicted octanol–water partition coefficient (Wildman–Crippen LogP) is 8.27. The topological polar surface area (TPSA) is 127 Å². The Balaban J connectivity index is 0.000000208. The average Bonchev–Trinajstić information content (AvgIpc) is 3.68. The average molecular weight is 772 g/mol. The van der Waals surface area contributed by atoms with E-state index in [-0.39, 0.29) is 18.2 Å². The van der Waals surface area contributed by atoms with Gasteiger partial charge in [0.2, 0.25) is 0 Å². The molecule has 0 aliphatic carbocycles. The molecule has 4 aromatic carbocycles. The number of imidazole rings is 2. The first-order valence-electron chi connectivity index (χ1n) is 16.7. The van der Waals surface area contributed by atoms with Gasteiger partial charge in [0, 0.05) is 32.6 Å². The number of hydrogen-bond donors (Lipinski definition) is 1. The predicted molar refractivity (Wildman–Crippen MR) is 208 cm³/mol. The molecule has 2 aromatic heterocycles. The van der Waals surface area contributed by atoms with Crippen LogP contribution in [0.25, 0.3) is 11.4 Å². The fourth-order valence-electron chi connectivity index (χ4n) is 6.05. The van der Waals surface area contributed by atoms with Gasteiger partial charge in [-0.2, -0.15) is 0 Å². The molecule has 0 amide bonds. The normalized spacial score (nSPS) is 10.7. The summed E-state index contributed by atoms with van der Waals surface area (Å²) < 4.78 is 25.1. The number of benzene rings is 4. The Morgan fingerprint density at radius 2 is 1.15 bits per heavy atom. The van der Waals surface area contributed by atoms with Gasteiger partial charge in [-0.25, -0.2) is 9.97 Å². The minimum Gasteiger partial charge on any atom is -0.493 e. The first kappa shape index (κ1) is 39.6. The van der Waals surface area contributed by atoms with Crippen LogP contribution >= 0.6 is 23.2 Å². The van der Waals surface area contributed by atoms with Crippen molar-refractivity contribution in [1.82, 2.24) is 19.1 Å². The van der Waals surface area contributed by atoms with E-state index in [0.717, 1.165) is 22.8 Å². The third-order valence-electron chi connectivity index (χ3n) is 9.01. The lowest BCUT2D eigenvalue weighted by molar-refractivity contribution is 0.102. The van der Waals surface area contributed by atoms with Crippen LogP contribution in [-0.2, 0) is 6.61 Å². The maximum Gasteiger partial charge on any atom is 0.199 e. The Labute approximate surface area is 323 Å². The van der Waals surface area contributed by atoms with E-state index in [0.29, 0.717) is 72.5 Å². The summed E-state index contributed by atoms with van der Waals surface area (Å²) in [6.45, 7) is 7.36. The monoisotopic (exact) mass is 770 g/mol. The van der Waals surface area contributed by atoms with Gasteiger partial charge in [0.1, 0.15) is 12.4 Å². The summed E-state index contributed by atoms with van der Waals surface area (Å²) >= 11 is 12.4. The zero-order valence-electron chi connectivity index (χ0n) is 31.2. The van der Waals surface area contributed by atoms with E-state index in [4.69, 9.17) is 42.1 Å². The molecule has 0 aliphatic heterocycles. The Morgan fingerprint density at radius 1 is 0.648 bits per heavy atom. The van der Waals surface area contributed by atoms with Gasteiger partial charge in [0.05, 0.1) is 68.7 Å². The molecule has 0 unspecified atom stereocenters. The lowest BCUT2D eigenvalue weighted by Crippen LogP contribution is -2.12. The first-order valence-corrected chi connectivity index (χ1v) is 17.4. The fourth-order valence-corrected chi connectivity index (χ4v) is 6.40. The molecular weight excluding hydrogens is 731 g/mol. The number of halogens is 2. The number of rotatable bonds is 11. The molecule has 0 aliphatic rings. The van der Waals surface area contributed by atoms with Crippen LogP contribution in [0.5, 0.6) is 23.0 Å². The van der Waals surface area contributed by atoms with E-state index in [2.05, 4.69) is 9.97 Å². The molecular formula is C41H40Cl2N4O7. The highest BCUT2D eigenvalue weighted by molar-refractivity contribution is 6.32. The highest BCUT2D eigenvalue weighted by Gasteiger charge is 2.25. The highest BCUT2D eigenvalue weighted by Crippen LogP contribution is 2.36. The lowest BCUT2D eigenvalue weighted by atomic mass is 10.00. The molecule has 0 saturated heterocycles. The summed E-state index contributed by atoms with van der Waals surface area (Å²) in [5.74, 6) is 1.67. The van der Waals surface area contributed by atoms with Crippen molar-refractivity contribution in [3.8, 4) is 34.4 Å². The molecule has 0 atom stereocenters. The summed E-state index contributed by atoms with van der Waals surface area (Å²) in [6.07, 6.45) is 1.70. The quantitative estimate of drug-likeness (QED) is 0.130. The van der Waals surface area contributed by atoms with E-state index in [9.17, 15) is 14.7 Å². The summed E-state index contributed by atoms with van der Waals surface area (Å²) in [5.41, 5.74) is 6.35. The van der Waals surface area contributed by atoms with E-state index < -0.39 is 0 Å². The fraction of sp³-hybridized carbons (Fsp3) is 0.220. The molecule has 0 saturated carbocycles. The van der Waals surface area contributed by atoms with Crippen LogP contribution in [0, 0.1) is 27.7 Å². The Kier molecular flexibility index (Phi) is 12.5. The molecule has 0 radical (unpaired) electrons. The number of hydrogen-bond acceptors (Lipinski definition) is 9. The second kappa shape index (κ2) is 17.0. The molecule has 54 heavy (non-hydrogen) atoms. The Hall–Kier alpha value is -5.62. The number of aromatic nitrogens is 4. The molecule has 0 spiro atoms. The SMILES string of the molecule is COc1cccc(C(=O)c2cc(Cl)ccc2-n2c(CO)nc(C)c2C)c1OC.COc1cccc(C(=O)c2cc(Cl)ccc2-n2cnc(C)c2C)c1OC. The number of aliphatic hydroxyl groups excluding tert-OH is 1. The van der Waals surface area contributed by atoms with E-state index in [1.165, 1.54) is 28.4 Å². The number of carbonyl (C=O) groups is 2. The number of aryl methyl sites for hydroxylation is 2. The van der Waals surface area contributed by atoms with Crippen molar-refractivity contribution in [3.05, 3.63) is 140 Å². The van der Waals surface area contributed by atoms with Crippen molar-refractivity contribution in [3.63, 3.8) is 0 Å². The van der Waals surface area contributed by atoms with Crippen molar-refractivity contribution in [2.75, 3.05) is 28.4 Å². The smallest absolute Gasteiger partial charge is 0.199 e. The maximum atomic E-state index is 13.5. The molecule has 13 heteroatoms. The minimum absolute atomic E-state index is 0.205. The van der Waals surface area contributed by atoms with E-state index in [1.54, 1.807) is 77.6 Å². The van der Waals surface area contributed by atoms with Crippen LogP contribution in [0.1, 0.15) is 60.4 Å². The molecule has 11 nitrogen and oxygen atoms in total. The van der Waals surface area contributed by atoms with Gasteiger partial charge in [-0.15, -0.1) is 0 Å². The standard InChI is InChI=1S/C21H21ClN2O4.C20H19ClN2O3/c1-12-13(2)24(19(11-25)23-12)17-9-8-14(22)10-16(17)20(26)15-6-5-7-18(27-3)21(15)28-4;1-12-13(2)23(11-22-12)17-9-8-14(21)10-16(17)19(24)15-6-5-7-18(25-3)20(15)26-4/h5-10,25H,11H2,1-4H3;5-11H,1-4H3. The van der Waals surface area contributed by atoms with Gasteiger partial charge in [-0.05, 0) is 88.4 Å². The summed E-state index contributed by atoms with van der Waals surface area (Å²) in [4.78, 5) is 35.5. The lowest BCUT2D eigenvalue weighted by Gasteiger charge is -2.16. The van der Waals surface area contributed by atoms with Crippen molar-refractivity contribution in [2.24, 2.45) is 0 Å². The molecule has 0 bridgehead atoms. The number of carbonyl (C=O) groups excluding carboxylic acids is 2. The van der Waals surface area contributed by atoms with Gasteiger partial charge in [0.25, 0.3) is 0 Å². The van der Waals surface area contributed by atoms with Crippen LogP contribution in [0.3, 0.4) is 0 Å². The number of methoxy groups -OCH3 is 4. The number of nitrogens with zero attached hydrogens (tertiary/aromatic N) is 4. The highest BCUT2D eigenvalue weighted by atomic mass is 35.5. The summed E-state index contributed by atoms with van der Waals surface area (Å²) in [7, 11) is 6.05. The number of aliphatic hydroxyl groups is 1. The number of ether oxygens (including phenoxy) is 4. The third kappa shape index (κ3) is 7.70. The summed E-state index contributed by atoms with van der Waals surface area (Å²) in [6, 6.07) is 20.6. The zero-order chi connectivity index (χ0) is 39.3. The molecule has 1 N–H and O–H groups in total. The molecule has 6 rings (SSSR count). The second-order valence-electron chi connectivity index (χ2n) is 12.0. The van der Waals surface area contributed by atoms with Gasteiger partial charge in [0.15, 0.2) is 34.6 Å². The van der Waals surface area contributed by atoms with Crippen LogP contribution in [-0.4, -0.2) is 64.2 Å². The second-order valence-corrected chi connectivity index (χ2v) is 12.9. The van der Waals surface area contributed by atoms with Gasteiger partial charge in [-0.1, -0.05) is 35.3 Å². The van der Waals surface area contributed by atoms with Crippen molar-refractivity contribution >= 4 is 34.8 Å². The van der Waals surface area contributed by atoms with Crippen LogP contribution < -0.4 is 18.9 Å². The molecule has 0 fully saturated rings. The van der Waals surface area contributed by atoms with Crippen molar-refractivity contribution in [1.29, 1.82) is 0 Å².